The van der Waals surface area contributed by atoms with E-state index in [0.29, 0.717) is 47.3 Å². The third-order valence-electron chi connectivity index (χ3n) is 10.5. The molecule has 2 N–H and O–H groups in total. The van der Waals surface area contributed by atoms with Crippen LogP contribution < -0.4 is 14.9 Å². The van der Waals surface area contributed by atoms with Gasteiger partial charge in [-0.05, 0) is 98.4 Å². The topological polar surface area (TPSA) is 147 Å². The van der Waals surface area contributed by atoms with Crippen LogP contribution in [-0.2, 0) is 23.7 Å². The predicted octanol–water partition coefficient (Wildman–Crippen LogP) is 6.74. The molecule has 2 aromatic heterocycles. The van der Waals surface area contributed by atoms with Crippen LogP contribution in [0.2, 0.25) is 0 Å². The molecule has 0 aliphatic carbocycles. The Bertz CT molecular complexity index is 2080. The number of pyridine rings is 1. The Kier molecular flexibility index (Phi) is 11.7. The van der Waals surface area contributed by atoms with E-state index in [1.165, 1.54) is 30.4 Å². The van der Waals surface area contributed by atoms with Crippen molar-refractivity contribution in [3.63, 3.8) is 0 Å². The van der Waals surface area contributed by atoms with Crippen LogP contribution in [0.3, 0.4) is 0 Å². The third kappa shape index (κ3) is 8.32. The maximum absolute atomic E-state index is 16.4. The van der Waals surface area contributed by atoms with E-state index >= 15 is 4.39 Å². The summed E-state index contributed by atoms with van der Waals surface area (Å²) in [5, 5.41) is 6.05. The van der Waals surface area contributed by atoms with E-state index in [1.807, 2.05) is 30.2 Å². The number of fused-ring (bicyclic) bond motifs is 2. The summed E-state index contributed by atoms with van der Waals surface area (Å²) in [5.41, 5.74) is 1.12. The fraction of sp³-hybridized carbons (Fsp3) is 0.425. The highest BCUT2D eigenvalue weighted by Crippen LogP contribution is 2.58. The number of para-hydroxylation sites is 1. The van der Waals surface area contributed by atoms with E-state index in [4.69, 9.17) is 9.26 Å². The van der Waals surface area contributed by atoms with Crippen molar-refractivity contribution in [3.05, 3.63) is 95.1 Å². The molecule has 5 heterocycles. The number of rotatable bonds is 13. The van der Waals surface area contributed by atoms with E-state index in [9.17, 15) is 23.7 Å². The van der Waals surface area contributed by atoms with E-state index < -0.39 is 43.4 Å². The summed E-state index contributed by atoms with van der Waals surface area (Å²) in [4.78, 5) is 62.0. The number of hydrogen-bond acceptors (Lipinski definition) is 9. The van der Waals surface area contributed by atoms with Gasteiger partial charge in [0.1, 0.15) is 23.9 Å². The van der Waals surface area contributed by atoms with E-state index in [2.05, 4.69) is 15.4 Å². The maximum atomic E-state index is 16.4. The Balaban J connectivity index is 1.04. The first-order valence-electron chi connectivity index (χ1n) is 18.8. The van der Waals surface area contributed by atoms with Gasteiger partial charge in [-0.15, -0.1) is 11.3 Å². The second-order valence-corrected chi connectivity index (χ2v) is 17.6. The van der Waals surface area contributed by atoms with Crippen molar-refractivity contribution in [1.82, 2.24) is 25.2 Å². The molecule has 3 amide bonds. The van der Waals surface area contributed by atoms with Crippen LogP contribution in [0.5, 0.6) is 5.75 Å². The Morgan fingerprint density at radius 3 is 2.58 bits per heavy atom. The molecule has 15 heteroatoms. The molecular formula is C40H45FN5O7PS. The van der Waals surface area contributed by atoms with Crippen LogP contribution in [0.4, 0.5) is 4.39 Å². The van der Waals surface area contributed by atoms with Crippen LogP contribution in [0.25, 0.3) is 10.1 Å². The van der Waals surface area contributed by atoms with Crippen LogP contribution in [0.1, 0.15) is 85.0 Å². The molecular weight excluding hydrogens is 745 g/mol. The van der Waals surface area contributed by atoms with Gasteiger partial charge >= 0.3 is 13.5 Å². The summed E-state index contributed by atoms with van der Waals surface area (Å²) in [7, 11) is -4.43. The number of nitrogens with zero attached hydrogens (tertiary/aromatic N) is 3. The SMILES string of the molecule is CCCOC(=O)[C@H](C)N[P@](=O)(Oc1ccccc1)[C@@H](F)c1ccc2sc(C(=O)N[C@H]3CCC[C@H]4CC[C@@H](C(=O)N5CC(c6cccnc6)C5)N4C3=O)cc2c1. The molecule has 290 valence electrons. The number of carbonyl (C=O) groups is 4. The van der Waals surface area contributed by atoms with Crippen LogP contribution in [-0.4, -0.2) is 82.3 Å². The largest absolute Gasteiger partial charge is 0.465 e. The lowest BCUT2D eigenvalue weighted by Gasteiger charge is -2.42. The minimum atomic E-state index is -4.43. The van der Waals surface area contributed by atoms with Gasteiger partial charge in [0.2, 0.25) is 17.7 Å². The van der Waals surface area contributed by atoms with Crippen molar-refractivity contribution in [2.24, 2.45) is 0 Å². The lowest BCUT2D eigenvalue weighted by molar-refractivity contribution is -0.148. The van der Waals surface area contributed by atoms with Gasteiger partial charge in [0.25, 0.3) is 5.91 Å². The molecule has 0 spiro atoms. The second-order valence-electron chi connectivity index (χ2n) is 14.4. The van der Waals surface area contributed by atoms with Gasteiger partial charge in [0, 0.05) is 42.1 Å². The number of nitrogens with one attached hydrogen (secondary N) is 2. The standard InChI is InChI=1S/C40H45FN5O7PS/c1-3-19-52-40(50)25(2)44-54(51,53-31-11-5-4-6-12-31)36(41)26-14-17-34-28(20-26)21-35(55-34)37(47)43-32-13-7-10-30-15-16-33(46(30)38(32)48)39(49)45-23-29(24-45)27-9-8-18-42-22-27/h4-6,8-9,11-12,14,17-18,20-22,25,29-30,32-33,36H,3,7,10,13,15-16,19,23-24H2,1-2H3,(H,43,47)(H,44,51)/t25-,30-,32-,33-,36+,54+/m0/s1. The minimum absolute atomic E-state index is 0.0295. The fourth-order valence-electron chi connectivity index (χ4n) is 7.61. The van der Waals surface area contributed by atoms with Gasteiger partial charge in [-0.3, -0.25) is 28.7 Å². The van der Waals surface area contributed by atoms with Gasteiger partial charge in [-0.25, -0.2) is 9.48 Å². The molecule has 3 fully saturated rings. The molecule has 6 atom stereocenters. The zero-order chi connectivity index (χ0) is 38.7. The first kappa shape index (κ1) is 38.6. The molecule has 12 nitrogen and oxygen atoms in total. The van der Waals surface area contributed by atoms with Gasteiger partial charge in [0.15, 0.2) is 0 Å². The summed E-state index contributed by atoms with van der Waals surface area (Å²) in [6, 6.07) is 15.8. The van der Waals surface area contributed by atoms with Crippen LogP contribution in [0, 0.1) is 0 Å². The molecule has 0 saturated carbocycles. The molecule has 0 unspecified atom stereocenters. The number of halogens is 1. The molecule has 0 radical (unpaired) electrons. The smallest absolute Gasteiger partial charge is 0.355 e. The van der Waals surface area contributed by atoms with Gasteiger partial charge < -0.3 is 24.4 Å². The quantitative estimate of drug-likeness (QED) is 0.111. The first-order chi connectivity index (χ1) is 26.5. The number of thiophene rings is 1. The average Bonchev–Trinajstić information content (AvgIpc) is 3.77. The average molecular weight is 790 g/mol. The summed E-state index contributed by atoms with van der Waals surface area (Å²) in [5.74, 6) is -3.22. The molecule has 0 bridgehead atoms. The van der Waals surface area contributed by atoms with Gasteiger partial charge in [-0.1, -0.05) is 37.3 Å². The zero-order valence-corrected chi connectivity index (χ0v) is 32.5. The van der Waals surface area contributed by atoms with Crippen molar-refractivity contribution < 1.29 is 37.4 Å². The number of aromatic nitrogens is 1. The summed E-state index contributed by atoms with van der Waals surface area (Å²) in [6.45, 7) is 4.62. The summed E-state index contributed by atoms with van der Waals surface area (Å²) >= 11 is 1.19. The van der Waals surface area contributed by atoms with Crippen LogP contribution in [0.15, 0.2) is 79.1 Å². The Morgan fingerprint density at radius 2 is 1.84 bits per heavy atom. The van der Waals surface area contributed by atoms with Crippen molar-refractivity contribution in [2.75, 3.05) is 19.7 Å². The van der Waals surface area contributed by atoms with E-state index in [-0.39, 0.29) is 41.7 Å². The normalized spacial score (nSPS) is 22.2. The Morgan fingerprint density at radius 1 is 1.04 bits per heavy atom. The Labute approximate surface area is 323 Å². The number of alkyl halides is 1. The Hall–Kier alpha value is -4.65. The fourth-order valence-corrected chi connectivity index (χ4v) is 10.5. The van der Waals surface area contributed by atoms with Crippen molar-refractivity contribution in [1.29, 1.82) is 0 Å². The monoisotopic (exact) mass is 789 g/mol. The molecule has 7 rings (SSSR count). The number of esters is 1. The highest BCUT2D eigenvalue weighted by Gasteiger charge is 2.48. The highest BCUT2D eigenvalue weighted by molar-refractivity contribution is 7.57. The predicted molar refractivity (Wildman–Crippen MR) is 207 cm³/mol. The molecule has 3 aliphatic heterocycles. The van der Waals surface area contributed by atoms with Crippen molar-refractivity contribution >= 4 is 52.6 Å². The third-order valence-corrected chi connectivity index (χ3v) is 13.8. The highest BCUT2D eigenvalue weighted by atomic mass is 32.1. The minimum Gasteiger partial charge on any atom is -0.465 e. The molecule has 3 saturated heterocycles. The van der Waals surface area contributed by atoms with E-state index in [1.54, 1.807) is 53.6 Å². The van der Waals surface area contributed by atoms with Crippen molar-refractivity contribution in [2.45, 2.75) is 88.4 Å². The molecule has 4 aromatic rings. The second kappa shape index (κ2) is 16.6. The lowest BCUT2D eigenvalue weighted by Crippen LogP contribution is -2.58. The van der Waals surface area contributed by atoms with Crippen LogP contribution >= 0.6 is 18.9 Å². The summed E-state index contributed by atoms with van der Waals surface area (Å²) in [6.07, 6.45) is 7.44. The number of benzene rings is 2. The van der Waals surface area contributed by atoms with E-state index in [0.717, 1.165) is 24.8 Å². The van der Waals surface area contributed by atoms with Crippen molar-refractivity contribution in [3.8, 4) is 5.75 Å². The molecule has 55 heavy (non-hydrogen) atoms. The number of amides is 3. The zero-order valence-electron chi connectivity index (χ0n) is 30.8. The number of likely N-dealkylation sites (tertiary alicyclic amines) is 1. The van der Waals surface area contributed by atoms with Gasteiger partial charge in [-0.2, -0.15) is 0 Å². The van der Waals surface area contributed by atoms with Gasteiger partial charge in [0.05, 0.1) is 11.5 Å². The lowest BCUT2D eigenvalue weighted by atomic mass is 9.92. The molecule has 2 aromatic carbocycles. The molecule has 3 aliphatic rings. The number of hydrogen-bond donors (Lipinski definition) is 2. The maximum Gasteiger partial charge on any atom is 0.355 e. The number of ether oxygens (including phenoxy) is 1. The first-order valence-corrected chi connectivity index (χ1v) is 21.3. The number of carbonyl (C=O) groups excluding carboxylic acids is 4. The summed E-state index contributed by atoms with van der Waals surface area (Å²) < 4.78 is 42.3.